The maximum absolute atomic E-state index is 11.9. The van der Waals surface area contributed by atoms with Crippen molar-refractivity contribution in [2.24, 2.45) is 5.92 Å². The molecule has 0 fully saturated rings. The average molecular weight is 221 g/mol. The van der Waals surface area contributed by atoms with Gasteiger partial charge in [0, 0.05) is 6.42 Å². The Kier molecular flexibility index (Phi) is 2.63. The summed E-state index contributed by atoms with van der Waals surface area (Å²) in [5.74, 6) is 0.133. The summed E-state index contributed by atoms with van der Waals surface area (Å²) >= 11 is 0. The predicted molar refractivity (Wildman–Crippen MR) is 59.0 cm³/mol. The number of hydrogen-bond donors (Lipinski definition) is 2. The van der Waals surface area contributed by atoms with Crippen LogP contribution in [-0.2, 0) is 6.42 Å². The van der Waals surface area contributed by atoms with Crippen molar-refractivity contribution in [1.29, 1.82) is 0 Å². The minimum atomic E-state index is -0.506. The maximum atomic E-state index is 11.9. The Balaban J connectivity index is 2.46. The SMILES string of the molecule is Cc1nc(N)nc2c1C(=O)CC(C(C)O)C2. The molecular weight excluding hydrogens is 206 g/mol. The number of nitrogen functional groups attached to an aromatic ring is 1. The molecule has 5 heteroatoms. The van der Waals surface area contributed by atoms with Crippen LogP contribution < -0.4 is 5.73 Å². The van der Waals surface area contributed by atoms with Crippen LogP contribution in [0.2, 0.25) is 0 Å². The van der Waals surface area contributed by atoms with Crippen LogP contribution in [0.25, 0.3) is 0 Å². The second-order valence-corrected chi connectivity index (χ2v) is 4.32. The normalized spacial score (nSPS) is 21.7. The zero-order valence-corrected chi connectivity index (χ0v) is 9.40. The van der Waals surface area contributed by atoms with Crippen LogP contribution in [0.15, 0.2) is 0 Å². The smallest absolute Gasteiger partial charge is 0.220 e. The van der Waals surface area contributed by atoms with E-state index in [0.29, 0.717) is 29.8 Å². The van der Waals surface area contributed by atoms with Crippen molar-refractivity contribution in [3.05, 3.63) is 17.0 Å². The van der Waals surface area contributed by atoms with Gasteiger partial charge in [0.15, 0.2) is 5.78 Å². The molecule has 0 saturated carbocycles. The van der Waals surface area contributed by atoms with Gasteiger partial charge < -0.3 is 10.8 Å². The van der Waals surface area contributed by atoms with Crippen molar-refractivity contribution >= 4 is 11.7 Å². The van der Waals surface area contributed by atoms with Crippen LogP contribution in [0.4, 0.5) is 5.95 Å². The van der Waals surface area contributed by atoms with Crippen molar-refractivity contribution in [3.8, 4) is 0 Å². The van der Waals surface area contributed by atoms with Crippen molar-refractivity contribution in [2.75, 3.05) is 5.73 Å². The van der Waals surface area contributed by atoms with Gasteiger partial charge in [-0.25, -0.2) is 9.97 Å². The second-order valence-electron chi connectivity index (χ2n) is 4.32. The highest BCUT2D eigenvalue weighted by Crippen LogP contribution is 2.28. The molecule has 0 amide bonds. The Labute approximate surface area is 93.7 Å². The number of rotatable bonds is 1. The molecule has 2 unspecified atom stereocenters. The lowest BCUT2D eigenvalue weighted by molar-refractivity contribution is 0.0806. The molecule has 1 aromatic heterocycles. The molecular formula is C11H15N3O2. The molecule has 2 rings (SSSR count). The van der Waals surface area contributed by atoms with Crippen molar-refractivity contribution in [1.82, 2.24) is 9.97 Å². The third kappa shape index (κ3) is 1.78. The molecule has 0 bridgehead atoms. The highest BCUT2D eigenvalue weighted by Gasteiger charge is 2.30. The third-order valence-electron chi connectivity index (χ3n) is 3.05. The van der Waals surface area contributed by atoms with Gasteiger partial charge >= 0.3 is 0 Å². The lowest BCUT2D eigenvalue weighted by Gasteiger charge is -2.25. The van der Waals surface area contributed by atoms with Crippen molar-refractivity contribution < 1.29 is 9.90 Å². The summed E-state index contributed by atoms with van der Waals surface area (Å²) in [4.78, 5) is 20.0. The van der Waals surface area contributed by atoms with Crippen LogP contribution in [-0.4, -0.2) is 27.0 Å². The fourth-order valence-electron chi connectivity index (χ4n) is 2.17. The highest BCUT2D eigenvalue weighted by molar-refractivity contribution is 5.99. The minimum Gasteiger partial charge on any atom is -0.393 e. The van der Waals surface area contributed by atoms with Gasteiger partial charge in [-0.05, 0) is 26.2 Å². The molecule has 1 heterocycles. The highest BCUT2D eigenvalue weighted by atomic mass is 16.3. The van der Waals surface area contributed by atoms with Gasteiger partial charge in [0.05, 0.1) is 23.1 Å². The van der Waals surface area contributed by atoms with E-state index in [9.17, 15) is 9.90 Å². The van der Waals surface area contributed by atoms with Crippen LogP contribution in [0.5, 0.6) is 0 Å². The summed E-state index contributed by atoms with van der Waals surface area (Å²) in [5.41, 5.74) is 7.45. The van der Waals surface area contributed by atoms with E-state index < -0.39 is 6.10 Å². The minimum absolute atomic E-state index is 0.00431. The molecule has 0 spiro atoms. The largest absolute Gasteiger partial charge is 0.393 e. The quantitative estimate of drug-likeness (QED) is 0.720. The molecule has 5 nitrogen and oxygen atoms in total. The summed E-state index contributed by atoms with van der Waals surface area (Å²) in [6.07, 6.45) is 0.444. The number of Topliss-reactive ketones (excluding diaryl/α,β-unsaturated/α-hetero) is 1. The molecule has 0 saturated heterocycles. The van der Waals surface area contributed by atoms with Crippen molar-refractivity contribution in [3.63, 3.8) is 0 Å². The Morgan fingerprint density at radius 2 is 2.12 bits per heavy atom. The molecule has 86 valence electrons. The summed E-state index contributed by atoms with van der Waals surface area (Å²) < 4.78 is 0. The number of carbonyl (C=O) groups excluding carboxylic acids is 1. The van der Waals surface area contributed by atoms with Crippen LogP contribution in [0, 0.1) is 12.8 Å². The van der Waals surface area contributed by atoms with E-state index in [0.717, 1.165) is 0 Å². The second kappa shape index (κ2) is 3.83. The first kappa shape index (κ1) is 11.0. The molecule has 1 aliphatic carbocycles. The number of carbonyl (C=O) groups is 1. The zero-order valence-electron chi connectivity index (χ0n) is 9.40. The van der Waals surface area contributed by atoms with E-state index in [1.165, 1.54) is 0 Å². The topological polar surface area (TPSA) is 89.1 Å². The number of aryl methyl sites for hydroxylation is 1. The molecule has 0 aromatic carbocycles. The molecule has 0 radical (unpaired) electrons. The predicted octanol–water partition coefficient (Wildman–Crippen LogP) is 0.493. The first-order valence-corrected chi connectivity index (χ1v) is 5.33. The van der Waals surface area contributed by atoms with Gasteiger partial charge in [0.25, 0.3) is 0 Å². The Bertz CT molecular complexity index is 443. The van der Waals surface area contributed by atoms with E-state index in [1.54, 1.807) is 13.8 Å². The number of aromatic nitrogens is 2. The average Bonchev–Trinajstić information content (AvgIpc) is 2.15. The first-order chi connectivity index (χ1) is 7.49. The summed E-state index contributed by atoms with van der Waals surface area (Å²) in [6, 6.07) is 0. The molecule has 1 aromatic rings. The van der Waals surface area contributed by atoms with Crippen LogP contribution in [0.3, 0.4) is 0 Å². The van der Waals surface area contributed by atoms with Crippen LogP contribution in [0.1, 0.15) is 35.1 Å². The number of ketones is 1. The Morgan fingerprint density at radius 1 is 1.44 bits per heavy atom. The van der Waals surface area contributed by atoms with Crippen LogP contribution >= 0.6 is 0 Å². The maximum Gasteiger partial charge on any atom is 0.220 e. The summed E-state index contributed by atoms with van der Waals surface area (Å²) in [6.45, 7) is 3.46. The number of nitrogens with two attached hydrogens (primary N) is 1. The van der Waals surface area contributed by atoms with E-state index in [4.69, 9.17) is 5.73 Å². The first-order valence-electron chi connectivity index (χ1n) is 5.33. The van der Waals surface area contributed by atoms with Gasteiger partial charge in [-0.3, -0.25) is 4.79 Å². The van der Waals surface area contributed by atoms with E-state index in [-0.39, 0.29) is 17.6 Å². The zero-order chi connectivity index (χ0) is 11.9. The fourth-order valence-corrected chi connectivity index (χ4v) is 2.17. The molecule has 2 atom stereocenters. The molecule has 16 heavy (non-hydrogen) atoms. The Morgan fingerprint density at radius 3 is 2.75 bits per heavy atom. The number of anilines is 1. The van der Waals surface area contributed by atoms with E-state index in [1.807, 2.05) is 0 Å². The van der Waals surface area contributed by atoms with Gasteiger partial charge in [-0.2, -0.15) is 0 Å². The third-order valence-corrected chi connectivity index (χ3v) is 3.05. The summed E-state index contributed by atoms with van der Waals surface area (Å²) in [5, 5.41) is 9.53. The monoisotopic (exact) mass is 221 g/mol. The fraction of sp³-hybridized carbons (Fsp3) is 0.545. The molecule has 1 aliphatic rings. The van der Waals surface area contributed by atoms with E-state index >= 15 is 0 Å². The van der Waals surface area contributed by atoms with Gasteiger partial charge in [-0.1, -0.05) is 0 Å². The van der Waals surface area contributed by atoms with Gasteiger partial charge in [0.1, 0.15) is 0 Å². The lowest BCUT2D eigenvalue weighted by Crippen LogP contribution is -2.30. The standard InChI is InChI=1S/C11H15N3O2/c1-5-10-8(14-11(12)13-5)3-7(6(2)15)4-9(10)16/h6-7,15H,3-4H2,1-2H3,(H2,12,13,14). The molecule has 3 N–H and O–H groups in total. The Hall–Kier alpha value is -1.49. The number of hydrogen-bond acceptors (Lipinski definition) is 5. The number of fused-ring (bicyclic) bond motifs is 1. The number of nitrogens with zero attached hydrogens (tertiary/aromatic N) is 2. The van der Waals surface area contributed by atoms with E-state index in [2.05, 4.69) is 9.97 Å². The summed E-state index contributed by atoms with van der Waals surface area (Å²) in [7, 11) is 0. The molecule has 0 aliphatic heterocycles. The van der Waals surface area contributed by atoms with Crippen molar-refractivity contribution in [2.45, 2.75) is 32.8 Å². The lowest BCUT2D eigenvalue weighted by atomic mass is 9.82. The van der Waals surface area contributed by atoms with Gasteiger partial charge in [0.2, 0.25) is 5.95 Å². The van der Waals surface area contributed by atoms with Gasteiger partial charge in [-0.15, -0.1) is 0 Å². The number of aliphatic hydroxyl groups is 1. The number of aliphatic hydroxyl groups excluding tert-OH is 1.